The Labute approximate surface area is 120 Å². The minimum absolute atomic E-state index is 0.0808. The number of ether oxygens (including phenoxy) is 1. The highest BCUT2D eigenvalue weighted by Gasteiger charge is 2.43. The highest BCUT2D eigenvalue weighted by molar-refractivity contribution is 7.99. The molecule has 0 N–H and O–H groups in total. The first-order valence-electron chi connectivity index (χ1n) is 7.52. The van der Waals surface area contributed by atoms with Crippen molar-refractivity contribution in [3.63, 3.8) is 0 Å². The molecular weight excluding hydrogens is 256 g/mol. The van der Waals surface area contributed by atoms with E-state index in [0.717, 1.165) is 32.5 Å². The summed E-state index contributed by atoms with van der Waals surface area (Å²) in [5.74, 6) is 2.45. The number of hydrogen-bond acceptors (Lipinski definition) is 4. The van der Waals surface area contributed by atoms with Crippen LogP contribution < -0.4 is 0 Å². The fourth-order valence-electron chi connectivity index (χ4n) is 3.67. The van der Waals surface area contributed by atoms with Crippen molar-refractivity contribution >= 4 is 11.8 Å². The smallest absolute Gasteiger partial charge is 0.0795 e. The van der Waals surface area contributed by atoms with E-state index in [1.165, 1.54) is 30.8 Å². The minimum Gasteiger partial charge on any atom is -0.374 e. The highest BCUT2D eigenvalue weighted by atomic mass is 32.2. The van der Waals surface area contributed by atoms with Gasteiger partial charge in [0.1, 0.15) is 0 Å². The Hall–Kier alpha value is -0.240. The summed E-state index contributed by atoms with van der Waals surface area (Å²) in [5, 5.41) is 9.22. The fraction of sp³-hybridized carbons (Fsp3) is 0.933. The van der Waals surface area contributed by atoms with E-state index in [1.54, 1.807) is 0 Å². The molecule has 3 aliphatic heterocycles. The largest absolute Gasteiger partial charge is 0.374 e. The topological polar surface area (TPSA) is 36.3 Å². The van der Waals surface area contributed by atoms with Crippen LogP contribution in [-0.4, -0.2) is 47.7 Å². The van der Waals surface area contributed by atoms with Gasteiger partial charge in [-0.1, -0.05) is 0 Å². The summed E-state index contributed by atoms with van der Waals surface area (Å²) in [6.07, 6.45) is 5.68. The quantitative estimate of drug-likeness (QED) is 0.740. The van der Waals surface area contributed by atoms with Crippen molar-refractivity contribution in [1.82, 2.24) is 4.90 Å². The lowest BCUT2D eigenvalue weighted by Gasteiger charge is -2.45. The second-order valence-electron chi connectivity index (χ2n) is 6.69. The van der Waals surface area contributed by atoms with E-state index in [2.05, 4.69) is 17.9 Å². The molecule has 106 valence electrons. The second-order valence-corrected chi connectivity index (χ2v) is 7.79. The van der Waals surface area contributed by atoms with Crippen LogP contribution >= 0.6 is 11.8 Å². The first-order chi connectivity index (χ1) is 9.15. The van der Waals surface area contributed by atoms with Gasteiger partial charge in [-0.15, -0.1) is 0 Å². The first-order valence-corrected chi connectivity index (χ1v) is 8.67. The van der Waals surface area contributed by atoms with Crippen LogP contribution in [0.1, 0.15) is 39.0 Å². The Morgan fingerprint density at radius 2 is 2.11 bits per heavy atom. The summed E-state index contributed by atoms with van der Waals surface area (Å²) in [6, 6.07) is 3.19. The van der Waals surface area contributed by atoms with Crippen molar-refractivity contribution in [2.24, 2.45) is 5.41 Å². The molecule has 0 saturated carbocycles. The summed E-state index contributed by atoms with van der Waals surface area (Å²) in [4.78, 5) is 2.63. The van der Waals surface area contributed by atoms with Gasteiger partial charge >= 0.3 is 0 Å². The Morgan fingerprint density at radius 1 is 1.32 bits per heavy atom. The SMILES string of the molecule is CC1(C#N)CCN(C2CCOC3(CCSC3)C2)CC1. The molecule has 3 nitrogen and oxygen atoms in total. The molecule has 2 unspecified atom stereocenters. The zero-order valence-corrected chi connectivity index (χ0v) is 12.7. The molecule has 0 aromatic rings. The standard InChI is InChI=1S/C15H24N2OS/c1-14(11-16)3-6-17(7-4-14)13-2-8-18-15(10-13)5-9-19-12-15/h13H,2-10,12H2,1H3. The van der Waals surface area contributed by atoms with E-state index in [0.29, 0.717) is 6.04 Å². The maximum atomic E-state index is 9.22. The maximum Gasteiger partial charge on any atom is 0.0795 e. The number of hydrogen-bond donors (Lipinski definition) is 0. The van der Waals surface area contributed by atoms with Crippen LogP contribution in [0.15, 0.2) is 0 Å². The third kappa shape index (κ3) is 2.79. The third-order valence-corrected chi connectivity index (χ3v) is 6.45. The molecule has 0 aromatic heterocycles. The molecule has 1 spiro atoms. The van der Waals surface area contributed by atoms with Crippen LogP contribution in [0.3, 0.4) is 0 Å². The van der Waals surface area contributed by atoms with Crippen molar-refractivity contribution in [2.75, 3.05) is 31.2 Å². The Morgan fingerprint density at radius 3 is 2.74 bits per heavy atom. The van der Waals surface area contributed by atoms with Gasteiger partial charge in [0.05, 0.1) is 17.1 Å². The monoisotopic (exact) mass is 280 g/mol. The lowest BCUT2D eigenvalue weighted by Crippen LogP contribution is -2.51. The van der Waals surface area contributed by atoms with Gasteiger partial charge < -0.3 is 9.64 Å². The van der Waals surface area contributed by atoms with E-state index in [1.807, 2.05) is 11.8 Å². The lowest BCUT2D eigenvalue weighted by atomic mass is 9.80. The van der Waals surface area contributed by atoms with Crippen molar-refractivity contribution in [3.8, 4) is 6.07 Å². The summed E-state index contributed by atoms with van der Waals surface area (Å²) >= 11 is 2.04. The number of thioether (sulfide) groups is 1. The summed E-state index contributed by atoms with van der Waals surface area (Å²) < 4.78 is 6.11. The van der Waals surface area contributed by atoms with E-state index < -0.39 is 0 Å². The minimum atomic E-state index is -0.0808. The normalized spacial score (nSPS) is 39.3. The van der Waals surface area contributed by atoms with Crippen LogP contribution in [-0.2, 0) is 4.74 Å². The molecule has 0 bridgehead atoms. The Kier molecular flexibility index (Phi) is 3.81. The van der Waals surface area contributed by atoms with E-state index in [9.17, 15) is 5.26 Å². The number of piperidine rings is 1. The predicted octanol–water partition coefficient (Wildman–Crippen LogP) is 2.67. The van der Waals surface area contributed by atoms with Crippen LogP contribution in [0.25, 0.3) is 0 Å². The average Bonchev–Trinajstić information content (AvgIpc) is 2.88. The Bertz CT molecular complexity index is 365. The van der Waals surface area contributed by atoms with Crippen molar-refractivity contribution in [2.45, 2.75) is 50.7 Å². The number of rotatable bonds is 1. The van der Waals surface area contributed by atoms with Crippen molar-refractivity contribution < 1.29 is 4.74 Å². The molecule has 3 aliphatic rings. The van der Waals surface area contributed by atoms with Crippen molar-refractivity contribution in [3.05, 3.63) is 0 Å². The van der Waals surface area contributed by atoms with E-state index >= 15 is 0 Å². The van der Waals surface area contributed by atoms with Gasteiger partial charge in [0, 0.05) is 18.4 Å². The molecule has 0 aliphatic carbocycles. The molecule has 3 fully saturated rings. The lowest BCUT2D eigenvalue weighted by molar-refractivity contribution is -0.0939. The van der Waals surface area contributed by atoms with Gasteiger partial charge in [-0.25, -0.2) is 0 Å². The molecule has 0 aromatic carbocycles. The van der Waals surface area contributed by atoms with Gasteiger partial charge in [-0.3, -0.25) is 0 Å². The van der Waals surface area contributed by atoms with E-state index in [-0.39, 0.29) is 11.0 Å². The van der Waals surface area contributed by atoms with Gasteiger partial charge in [0.25, 0.3) is 0 Å². The number of nitrogens with zero attached hydrogens (tertiary/aromatic N) is 2. The zero-order chi connectivity index (χ0) is 13.3. The molecular formula is C15H24N2OS. The molecule has 19 heavy (non-hydrogen) atoms. The summed E-state index contributed by atoms with van der Waals surface area (Å²) in [6.45, 7) is 5.23. The first kappa shape index (κ1) is 13.7. The van der Waals surface area contributed by atoms with Gasteiger partial charge in [0.15, 0.2) is 0 Å². The van der Waals surface area contributed by atoms with Crippen LogP contribution in [0.4, 0.5) is 0 Å². The van der Waals surface area contributed by atoms with Gasteiger partial charge in [0.2, 0.25) is 0 Å². The molecule has 0 radical (unpaired) electrons. The van der Waals surface area contributed by atoms with Crippen molar-refractivity contribution in [1.29, 1.82) is 5.26 Å². The fourth-order valence-corrected chi connectivity index (χ4v) is 5.05. The molecule has 3 heterocycles. The average molecular weight is 280 g/mol. The molecule has 4 heteroatoms. The van der Waals surface area contributed by atoms with Gasteiger partial charge in [-0.2, -0.15) is 17.0 Å². The maximum absolute atomic E-state index is 9.22. The molecule has 3 rings (SSSR count). The van der Waals surface area contributed by atoms with Gasteiger partial charge in [-0.05, 0) is 57.9 Å². The van der Waals surface area contributed by atoms with Crippen LogP contribution in [0.5, 0.6) is 0 Å². The molecule has 2 atom stereocenters. The number of nitriles is 1. The molecule has 0 amide bonds. The number of likely N-dealkylation sites (tertiary alicyclic amines) is 1. The van der Waals surface area contributed by atoms with Crippen LogP contribution in [0.2, 0.25) is 0 Å². The zero-order valence-electron chi connectivity index (χ0n) is 11.9. The second kappa shape index (κ2) is 5.27. The predicted molar refractivity (Wildman–Crippen MR) is 78.2 cm³/mol. The Balaban J connectivity index is 1.60. The molecule has 3 saturated heterocycles. The summed E-state index contributed by atoms with van der Waals surface area (Å²) in [5.41, 5.74) is 0.103. The van der Waals surface area contributed by atoms with E-state index in [4.69, 9.17) is 4.74 Å². The third-order valence-electron chi connectivity index (χ3n) is 5.22. The highest BCUT2D eigenvalue weighted by Crippen LogP contribution is 2.41. The summed E-state index contributed by atoms with van der Waals surface area (Å²) in [7, 11) is 0. The van der Waals surface area contributed by atoms with Crippen LogP contribution in [0, 0.1) is 16.7 Å².